The van der Waals surface area contributed by atoms with Crippen LogP contribution in [0.5, 0.6) is 0 Å². The molecule has 0 fully saturated rings. The van der Waals surface area contributed by atoms with E-state index in [1.54, 1.807) is 35.6 Å². The third kappa shape index (κ3) is 5.44. The summed E-state index contributed by atoms with van der Waals surface area (Å²) >= 11 is 7.47. The summed E-state index contributed by atoms with van der Waals surface area (Å²) < 4.78 is 0. The highest BCUT2D eigenvalue weighted by atomic mass is 35.5. The molecular weight excluding hydrogens is 344 g/mol. The fraction of sp³-hybridized carbons (Fsp3) is 0.333. The fourth-order valence-electron chi connectivity index (χ4n) is 2.32. The van der Waals surface area contributed by atoms with E-state index in [0.29, 0.717) is 17.1 Å². The number of ketones is 1. The normalized spacial score (nSPS) is 12.2. The molecule has 24 heavy (non-hydrogen) atoms. The van der Waals surface area contributed by atoms with Gasteiger partial charge in [-0.1, -0.05) is 17.7 Å². The smallest absolute Gasteiger partial charge is 0.220 e. The van der Waals surface area contributed by atoms with Gasteiger partial charge in [-0.05, 0) is 49.8 Å². The number of thiophene rings is 1. The van der Waals surface area contributed by atoms with Crippen LogP contribution < -0.4 is 5.32 Å². The van der Waals surface area contributed by atoms with Gasteiger partial charge >= 0.3 is 0 Å². The van der Waals surface area contributed by atoms with Gasteiger partial charge in [0.25, 0.3) is 0 Å². The number of hydrogen-bond acceptors (Lipinski definition) is 4. The van der Waals surface area contributed by atoms with Crippen LogP contribution in [0.4, 0.5) is 0 Å². The summed E-state index contributed by atoms with van der Waals surface area (Å²) in [6.07, 6.45) is 0.380. The summed E-state index contributed by atoms with van der Waals surface area (Å²) in [7, 11) is 3.97. The van der Waals surface area contributed by atoms with Crippen LogP contribution in [0.3, 0.4) is 0 Å². The molecule has 1 heterocycles. The second kappa shape index (κ2) is 8.97. The average Bonchev–Trinajstić information content (AvgIpc) is 3.07. The molecular formula is C18H21ClN2O2S. The molecule has 1 aromatic heterocycles. The Kier molecular flexibility index (Phi) is 6.97. The van der Waals surface area contributed by atoms with E-state index in [0.717, 1.165) is 0 Å². The fourth-order valence-corrected chi connectivity index (χ4v) is 3.37. The van der Waals surface area contributed by atoms with Crippen LogP contribution in [0.2, 0.25) is 5.02 Å². The third-order valence-electron chi connectivity index (χ3n) is 3.73. The number of hydrogen-bond donors (Lipinski definition) is 1. The van der Waals surface area contributed by atoms with Gasteiger partial charge in [0.15, 0.2) is 5.78 Å². The SMILES string of the molecule is CN(C)C(CNC(=O)CCC(=O)c1ccc(Cl)cc1)c1cccs1. The second-order valence-electron chi connectivity index (χ2n) is 5.73. The molecule has 128 valence electrons. The lowest BCUT2D eigenvalue weighted by Gasteiger charge is -2.23. The van der Waals surface area contributed by atoms with E-state index in [1.807, 2.05) is 25.5 Å². The monoisotopic (exact) mass is 364 g/mol. The molecule has 0 saturated carbocycles. The van der Waals surface area contributed by atoms with Crippen LogP contribution >= 0.6 is 22.9 Å². The van der Waals surface area contributed by atoms with Crippen molar-refractivity contribution in [2.24, 2.45) is 0 Å². The molecule has 1 aromatic carbocycles. The van der Waals surface area contributed by atoms with E-state index in [2.05, 4.69) is 16.3 Å². The van der Waals surface area contributed by atoms with Gasteiger partial charge in [-0.15, -0.1) is 11.3 Å². The van der Waals surface area contributed by atoms with Crippen molar-refractivity contribution in [2.75, 3.05) is 20.6 Å². The molecule has 2 aromatic rings. The first-order chi connectivity index (χ1) is 11.5. The van der Waals surface area contributed by atoms with Crippen molar-refractivity contribution in [3.63, 3.8) is 0 Å². The number of likely N-dealkylation sites (N-methyl/N-ethyl adjacent to an activating group) is 1. The van der Waals surface area contributed by atoms with Crippen LogP contribution in [0.25, 0.3) is 0 Å². The molecule has 0 spiro atoms. The van der Waals surface area contributed by atoms with Gasteiger partial charge in [-0.2, -0.15) is 0 Å². The number of rotatable bonds is 8. The van der Waals surface area contributed by atoms with Crippen molar-refractivity contribution < 1.29 is 9.59 Å². The van der Waals surface area contributed by atoms with E-state index >= 15 is 0 Å². The summed E-state index contributed by atoms with van der Waals surface area (Å²) in [6, 6.07) is 10.9. The molecule has 4 nitrogen and oxygen atoms in total. The summed E-state index contributed by atoms with van der Waals surface area (Å²) in [4.78, 5) is 27.4. The zero-order chi connectivity index (χ0) is 17.5. The lowest BCUT2D eigenvalue weighted by atomic mass is 10.1. The highest BCUT2D eigenvalue weighted by Gasteiger charge is 2.16. The number of Topliss-reactive ketones (excluding diaryl/α,β-unsaturated/α-hetero) is 1. The minimum Gasteiger partial charge on any atom is -0.354 e. The van der Waals surface area contributed by atoms with Crippen molar-refractivity contribution in [3.8, 4) is 0 Å². The summed E-state index contributed by atoms with van der Waals surface area (Å²) in [6.45, 7) is 0.529. The van der Waals surface area contributed by atoms with Crippen molar-refractivity contribution >= 4 is 34.6 Å². The Morgan fingerprint density at radius 2 is 1.88 bits per heavy atom. The summed E-state index contributed by atoms with van der Waals surface area (Å²) in [5.41, 5.74) is 0.581. The molecule has 2 rings (SSSR count). The third-order valence-corrected chi connectivity index (χ3v) is 4.96. The molecule has 1 N–H and O–H groups in total. The molecule has 1 amide bonds. The van der Waals surface area contributed by atoms with Gasteiger partial charge < -0.3 is 10.2 Å². The largest absolute Gasteiger partial charge is 0.354 e. The highest BCUT2D eigenvalue weighted by Crippen LogP contribution is 2.22. The van der Waals surface area contributed by atoms with E-state index < -0.39 is 0 Å². The van der Waals surface area contributed by atoms with E-state index in [4.69, 9.17) is 11.6 Å². The zero-order valence-electron chi connectivity index (χ0n) is 13.8. The van der Waals surface area contributed by atoms with Gasteiger partial charge in [0.2, 0.25) is 5.91 Å². The van der Waals surface area contributed by atoms with E-state index in [1.165, 1.54) is 4.88 Å². The van der Waals surface area contributed by atoms with Gasteiger partial charge in [-0.25, -0.2) is 0 Å². The van der Waals surface area contributed by atoms with Crippen LogP contribution in [0.1, 0.15) is 34.1 Å². The molecule has 6 heteroatoms. The number of carbonyl (C=O) groups is 2. The standard InChI is InChI=1S/C18H21ClN2O2S/c1-21(2)15(17-4-3-11-24-17)12-20-18(23)10-9-16(22)13-5-7-14(19)8-6-13/h3-8,11,15H,9-10,12H2,1-2H3,(H,20,23). The maximum atomic E-state index is 12.1. The van der Waals surface area contributed by atoms with Crippen molar-refractivity contribution in [3.05, 3.63) is 57.2 Å². The van der Waals surface area contributed by atoms with E-state index in [-0.39, 0.29) is 30.6 Å². The lowest BCUT2D eigenvalue weighted by molar-refractivity contribution is -0.121. The molecule has 0 aliphatic carbocycles. The highest BCUT2D eigenvalue weighted by molar-refractivity contribution is 7.10. The zero-order valence-corrected chi connectivity index (χ0v) is 15.4. The van der Waals surface area contributed by atoms with Gasteiger partial charge in [-0.3, -0.25) is 9.59 Å². The Hall–Kier alpha value is -1.69. The number of halogens is 1. The topological polar surface area (TPSA) is 49.4 Å². The Morgan fingerprint density at radius 3 is 2.46 bits per heavy atom. The minimum atomic E-state index is -0.110. The Morgan fingerprint density at radius 1 is 1.17 bits per heavy atom. The summed E-state index contributed by atoms with van der Waals surface area (Å²) in [5, 5.41) is 5.54. The summed E-state index contributed by atoms with van der Waals surface area (Å²) in [5.74, 6) is -0.162. The molecule has 0 aliphatic heterocycles. The van der Waals surface area contributed by atoms with Gasteiger partial charge in [0.1, 0.15) is 0 Å². The van der Waals surface area contributed by atoms with Crippen molar-refractivity contribution in [1.29, 1.82) is 0 Å². The number of nitrogens with zero attached hydrogens (tertiary/aromatic N) is 1. The van der Waals surface area contributed by atoms with Gasteiger partial charge in [0.05, 0.1) is 6.04 Å². The number of amides is 1. The van der Waals surface area contributed by atoms with Crippen LogP contribution in [-0.4, -0.2) is 37.2 Å². The van der Waals surface area contributed by atoms with Crippen molar-refractivity contribution in [2.45, 2.75) is 18.9 Å². The first-order valence-electron chi connectivity index (χ1n) is 7.72. The predicted octanol–water partition coefficient (Wildman–Crippen LogP) is 3.78. The Bertz CT molecular complexity index is 669. The first-order valence-corrected chi connectivity index (χ1v) is 8.98. The minimum absolute atomic E-state index is 0.0516. The quantitative estimate of drug-likeness (QED) is 0.725. The first kappa shape index (κ1) is 18.6. The molecule has 1 unspecified atom stereocenters. The maximum Gasteiger partial charge on any atom is 0.220 e. The molecule has 0 bridgehead atoms. The lowest BCUT2D eigenvalue weighted by Crippen LogP contribution is -2.34. The Balaban J connectivity index is 1.80. The molecule has 0 radical (unpaired) electrons. The van der Waals surface area contributed by atoms with E-state index in [9.17, 15) is 9.59 Å². The Labute approximate surface area is 151 Å². The average molecular weight is 365 g/mol. The van der Waals surface area contributed by atoms with Crippen molar-refractivity contribution in [1.82, 2.24) is 10.2 Å². The van der Waals surface area contributed by atoms with Gasteiger partial charge in [0, 0.05) is 34.8 Å². The number of carbonyl (C=O) groups excluding carboxylic acids is 2. The second-order valence-corrected chi connectivity index (χ2v) is 7.14. The van der Waals surface area contributed by atoms with Crippen LogP contribution in [0.15, 0.2) is 41.8 Å². The van der Waals surface area contributed by atoms with Crippen LogP contribution in [-0.2, 0) is 4.79 Å². The molecule has 1 atom stereocenters. The number of benzene rings is 1. The molecule has 0 aliphatic rings. The number of nitrogens with one attached hydrogen (secondary N) is 1. The van der Waals surface area contributed by atoms with Crippen LogP contribution in [0, 0.1) is 0 Å². The predicted molar refractivity (Wildman–Crippen MR) is 98.8 cm³/mol. The molecule has 0 saturated heterocycles. The maximum absolute atomic E-state index is 12.1.